The molecule has 0 aliphatic carbocycles. The largest absolute Gasteiger partial charge is 0.373 e. The van der Waals surface area contributed by atoms with Gasteiger partial charge in [-0.15, -0.1) is 0 Å². The highest BCUT2D eigenvalue weighted by molar-refractivity contribution is 5.94. The van der Waals surface area contributed by atoms with E-state index in [1.54, 1.807) is 29.0 Å². The van der Waals surface area contributed by atoms with Gasteiger partial charge < -0.3 is 4.74 Å². The van der Waals surface area contributed by atoms with Gasteiger partial charge >= 0.3 is 0 Å². The van der Waals surface area contributed by atoms with Gasteiger partial charge in [-0.25, -0.2) is 4.98 Å². The van der Waals surface area contributed by atoms with Crippen LogP contribution in [0.15, 0.2) is 30.6 Å². The quantitative estimate of drug-likeness (QED) is 0.868. The first-order valence-electron chi connectivity index (χ1n) is 7.38. The van der Waals surface area contributed by atoms with Gasteiger partial charge in [-0.2, -0.15) is 5.10 Å². The number of ether oxygens (including phenoxy) is 1. The number of carbonyl (C=O) groups excluding carboxylic acids is 1. The summed E-state index contributed by atoms with van der Waals surface area (Å²) in [5.74, 6) is 0.486. The molecule has 1 fully saturated rings. The van der Waals surface area contributed by atoms with Gasteiger partial charge in [0.15, 0.2) is 0 Å². The minimum absolute atomic E-state index is 0.0319. The molecule has 2 aromatic heterocycles. The van der Waals surface area contributed by atoms with E-state index >= 15 is 0 Å². The van der Waals surface area contributed by atoms with Crippen LogP contribution in [-0.4, -0.2) is 34.3 Å². The molecule has 1 amide bonds. The molecule has 2 atom stereocenters. The van der Waals surface area contributed by atoms with E-state index in [0.717, 1.165) is 17.7 Å². The van der Waals surface area contributed by atoms with Gasteiger partial charge in [0.2, 0.25) is 5.91 Å². The number of carbonyl (C=O) groups is 1. The van der Waals surface area contributed by atoms with E-state index in [1.165, 1.54) is 0 Å². The molecule has 116 valence electrons. The number of aryl methyl sites for hydroxylation is 1. The zero-order valence-electron chi connectivity index (χ0n) is 13.1. The highest BCUT2D eigenvalue weighted by atomic mass is 16.5. The second-order valence-corrected chi connectivity index (χ2v) is 5.58. The van der Waals surface area contributed by atoms with Gasteiger partial charge in [0.1, 0.15) is 5.82 Å². The Kier molecular flexibility index (Phi) is 3.94. The average Bonchev–Trinajstić information content (AvgIpc) is 3.14. The second kappa shape index (κ2) is 5.88. The smallest absolute Gasteiger partial charge is 0.234 e. The summed E-state index contributed by atoms with van der Waals surface area (Å²) in [6.45, 7) is 2.58. The third-order valence-corrected chi connectivity index (χ3v) is 4.31. The predicted octanol–water partition coefficient (Wildman–Crippen LogP) is 1.86. The lowest BCUT2D eigenvalue weighted by Crippen LogP contribution is -2.34. The van der Waals surface area contributed by atoms with E-state index in [0.29, 0.717) is 12.4 Å². The average molecular weight is 300 g/mol. The summed E-state index contributed by atoms with van der Waals surface area (Å²) in [6.07, 6.45) is 3.97. The Balaban J connectivity index is 1.84. The van der Waals surface area contributed by atoms with Gasteiger partial charge in [0, 0.05) is 38.2 Å². The van der Waals surface area contributed by atoms with Crippen LogP contribution >= 0.6 is 0 Å². The lowest BCUT2D eigenvalue weighted by molar-refractivity contribution is -0.123. The number of pyridine rings is 1. The molecular weight excluding hydrogens is 280 g/mol. The molecule has 0 spiro atoms. The molecule has 3 rings (SSSR count). The molecule has 1 saturated heterocycles. The molecular formula is C16H20N4O2. The van der Waals surface area contributed by atoms with E-state index in [1.807, 2.05) is 32.2 Å². The van der Waals surface area contributed by atoms with Crippen molar-refractivity contribution in [2.45, 2.75) is 19.4 Å². The monoisotopic (exact) mass is 300 g/mol. The van der Waals surface area contributed by atoms with Crippen molar-refractivity contribution in [3.63, 3.8) is 0 Å². The first-order valence-corrected chi connectivity index (χ1v) is 7.38. The topological polar surface area (TPSA) is 60.2 Å². The van der Waals surface area contributed by atoms with Crippen LogP contribution in [0.1, 0.15) is 23.8 Å². The summed E-state index contributed by atoms with van der Waals surface area (Å²) >= 11 is 0. The molecule has 22 heavy (non-hydrogen) atoms. The Morgan fingerprint density at radius 1 is 1.45 bits per heavy atom. The molecule has 6 heteroatoms. The maximum Gasteiger partial charge on any atom is 0.234 e. The van der Waals surface area contributed by atoms with Gasteiger partial charge in [-0.3, -0.25) is 14.4 Å². The van der Waals surface area contributed by atoms with Crippen LogP contribution in [0.5, 0.6) is 0 Å². The standard InChI is InChI=1S/C16H20N4O2/c1-11-13(10-18-20(11)3)15-12(7-9-22-15)16(21)19(2)14-6-4-5-8-17-14/h4-6,8,10,12,15H,7,9H2,1-3H3/t12-,15-/m0/s1. The highest BCUT2D eigenvalue weighted by Gasteiger charge is 2.38. The Morgan fingerprint density at radius 2 is 2.27 bits per heavy atom. The molecule has 1 aliphatic rings. The Hall–Kier alpha value is -2.21. The molecule has 0 aromatic carbocycles. The first kappa shape index (κ1) is 14.7. The third kappa shape index (κ3) is 2.50. The molecule has 1 aliphatic heterocycles. The molecule has 0 bridgehead atoms. The van der Waals surface area contributed by atoms with Gasteiger partial charge in [-0.05, 0) is 25.5 Å². The van der Waals surface area contributed by atoms with E-state index < -0.39 is 0 Å². The number of anilines is 1. The molecule has 0 unspecified atom stereocenters. The molecule has 0 radical (unpaired) electrons. The number of hydrogen-bond donors (Lipinski definition) is 0. The maximum atomic E-state index is 12.8. The lowest BCUT2D eigenvalue weighted by Gasteiger charge is -2.23. The number of nitrogens with zero attached hydrogens (tertiary/aromatic N) is 4. The molecule has 0 N–H and O–H groups in total. The van der Waals surface area contributed by atoms with Gasteiger partial charge in [0.25, 0.3) is 0 Å². The summed E-state index contributed by atoms with van der Waals surface area (Å²) in [7, 11) is 3.65. The van der Waals surface area contributed by atoms with Crippen molar-refractivity contribution < 1.29 is 9.53 Å². The zero-order valence-corrected chi connectivity index (χ0v) is 13.1. The zero-order chi connectivity index (χ0) is 15.7. The minimum atomic E-state index is -0.229. The minimum Gasteiger partial charge on any atom is -0.373 e. The maximum absolute atomic E-state index is 12.8. The fraction of sp³-hybridized carbons (Fsp3) is 0.438. The van der Waals surface area contributed by atoms with E-state index in [-0.39, 0.29) is 17.9 Å². The molecule has 2 aromatic rings. The number of hydrogen-bond acceptors (Lipinski definition) is 4. The van der Waals surface area contributed by atoms with Gasteiger partial charge in [-0.1, -0.05) is 6.07 Å². The van der Waals surface area contributed by atoms with Crippen molar-refractivity contribution in [3.05, 3.63) is 41.9 Å². The highest BCUT2D eigenvalue weighted by Crippen LogP contribution is 2.37. The lowest BCUT2D eigenvalue weighted by atomic mass is 9.94. The summed E-state index contributed by atoms with van der Waals surface area (Å²) in [5.41, 5.74) is 2.03. The fourth-order valence-electron chi connectivity index (χ4n) is 2.86. The molecule has 0 saturated carbocycles. The van der Waals surface area contributed by atoms with Crippen LogP contribution in [-0.2, 0) is 16.6 Å². The van der Waals surface area contributed by atoms with Crippen LogP contribution < -0.4 is 4.90 Å². The van der Waals surface area contributed by atoms with E-state index in [2.05, 4.69) is 10.1 Å². The van der Waals surface area contributed by atoms with Crippen LogP contribution in [0.4, 0.5) is 5.82 Å². The van der Waals surface area contributed by atoms with Crippen LogP contribution in [0.3, 0.4) is 0 Å². The normalized spacial score (nSPS) is 21.0. The molecule has 3 heterocycles. The van der Waals surface area contributed by atoms with Crippen LogP contribution in [0.2, 0.25) is 0 Å². The van der Waals surface area contributed by atoms with Crippen molar-refractivity contribution in [2.24, 2.45) is 13.0 Å². The summed E-state index contributed by atoms with van der Waals surface area (Å²) < 4.78 is 7.64. The van der Waals surface area contributed by atoms with Crippen molar-refractivity contribution in [3.8, 4) is 0 Å². The van der Waals surface area contributed by atoms with Crippen molar-refractivity contribution in [2.75, 3.05) is 18.6 Å². The number of aromatic nitrogens is 3. The predicted molar refractivity (Wildman–Crippen MR) is 82.4 cm³/mol. The Bertz CT molecular complexity index is 668. The van der Waals surface area contributed by atoms with Crippen molar-refractivity contribution in [1.29, 1.82) is 0 Å². The van der Waals surface area contributed by atoms with Crippen molar-refractivity contribution in [1.82, 2.24) is 14.8 Å². The second-order valence-electron chi connectivity index (χ2n) is 5.58. The van der Waals surface area contributed by atoms with E-state index in [9.17, 15) is 4.79 Å². The van der Waals surface area contributed by atoms with E-state index in [4.69, 9.17) is 4.74 Å². The Morgan fingerprint density at radius 3 is 2.91 bits per heavy atom. The van der Waals surface area contributed by atoms with Crippen LogP contribution in [0.25, 0.3) is 0 Å². The number of rotatable bonds is 3. The molecule has 6 nitrogen and oxygen atoms in total. The fourth-order valence-corrected chi connectivity index (χ4v) is 2.86. The first-order chi connectivity index (χ1) is 10.6. The SMILES string of the molecule is Cc1c([C@H]2OCC[C@@H]2C(=O)N(C)c2ccccn2)cnn1C. The van der Waals surface area contributed by atoms with Gasteiger partial charge in [0.05, 0.1) is 18.2 Å². The summed E-state index contributed by atoms with van der Waals surface area (Å²) in [5, 5.41) is 4.26. The van der Waals surface area contributed by atoms with Crippen molar-refractivity contribution >= 4 is 11.7 Å². The number of amides is 1. The third-order valence-electron chi connectivity index (χ3n) is 4.31. The summed E-state index contributed by atoms with van der Waals surface area (Å²) in [6, 6.07) is 5.54. The Labute approximate surface area is 129 Å². The summed E-state index contributed by atoms with van der Waals surface area (Å²) in [4.78, 5) is 18.7. The van der Waals surface area contributed by atoms with Crippen LogP contribution in [0, 0.1) is 12.8 Å².